The van der Waals surface area contributed by atoms with Gasteiger partial charge in [-0.05, 0) is 157 Å². The third-order valence-electron chi connectivity index (χ3n) is 19.0. The van der Waals surface area contributed by atoms with Crippen LogP contribution in [0.15, 0.2) is 229 Å². The molecule has 8 aromatic carbocycles. The fraction of sp³-hybridized carbons (Fsp3) is 0.162. The standard InChI is InChI=1S/C34H23NO3S3.C27H28BNO2S2.C13H7BrO3S.H4P2.S8.S4/c1-34(2)23-10-4-6-12-25(23)35(26-13-7-5-11-24(26)34)33-30(32-27(40-33)17-18-39-32)20-15-16-29-22(19-20)31(36)21-9-3-8-14-28(21)41(29,37)38;1-25(2)17-11-7-9-13-19(17)29(20-14-10-8-12-18(20)25)24-22(23-21(33-24)15-16-32-23)28-30-26(3,4)27(5,6)31-28;14-8-5-6-12-10(7-8)13(15)9-3-1-2-4-11(9)18(12,16)17;1-2;1-3-5-7-8-6-4-2;1-3-4-2/h3-19H,1-2H3;7-16H,1-6H3;1-7H;1-2H2;;. The quantitative estimate of drug-likeness (QED) is 0.122. The molecule has 2 unspecified atom stereocenters. The van der Waals surface area contributed by atoms with Crippen molar-refractivity contribution in [2.75, 3.05) is 9.80 Å². The van der Waals surface area contributed by atoms with Crippen LogP contribution in [0.4, 0.5) is 32.8 Å². The Bertz CT molecular complexity index is 6010. The van der Waals surface area contributed by atoms with Gasteiger partial charge in [0.1, 0.15) is 10.0 Å². The van der Waals surface area contributed by atoms with Gasteiger partial charge in [0.15, 0.2) is 11.6 Å². The number of benzene rings is 8. The van der Waals surface area contributed by atoms with E-state index in [-0.39, 0.29) is 75.4 Å². The van der Waals surface area contributed by atoms with Crippen LogP contribution in [0.3, 0.4) is 0 Å². The molecule has 1 saturated heterocycles. The first-order chi connectivity index (χ1) is 50.7. The Morgan fingerprint density at radius 3 is 1.25 bits per heavy atom. The van der Waals surface area contributed by atoms with Gasteiger partial charge in [0, 0.05) is 178 Å². The van der Waals surface area contributed by atoms with E-state index < -0.39 is 26.8 Å². The highest BCUT2D eigenvalue weighted by Crippen LogP contribution is 2.59. The van der Waals surface area contributed by atoms with Crippen LogP contribution in [0.2, 0.25) is 0 Å². The molecule has 5 aliphatic rings. The normalized spacial score (nSPS) is 16.0. The van der Waals surface area contributed by atoms with Crippen molar-refractivity contribution in [2.24, 2.45) is 0 Å². The number of ketones is 2. The molecule has 5 aliphatic heterocycles. The van der Waals surface area contributed by atoms with Crippen LogP contribution in [0, 0.1) is 0 Å². The molecule has 9 heterocycles. The van der Waals surface area contributed by atoms with E-state index >= 15 is 0 Å². The SMILES string of the molecule is CC1(C)c2ccccc2N(c2sc3ccsc3c2-c2ccc3c(c2)C(=O)c2ccccc2S3(=O)=O)c2ccccc21.CC1(C)c2ccccc2N(c2sc3ccsc3c2B2OC(C)(C)C(C)(C)O2)c2ccccc21.O=C1c2ccccc2S(=O)(=O)c2ccc(Br)cc21.PP.S=S=S=S.S=S=S=S=S=S=S=S. The highest BCUT2D eigenvalue weighted by Gasteiger charge is 2.54. The summed E-state index contributed by atoms with van der Waals surface area (Å²) in [5, 5.41) is 6.49. The monoisotopic (exact) mass is 1830 g/mol. The van der Waals surface area contributed by atoms with E-state index in [4.69, 9.17) is 9.31 Å². The summed E-state index contributed by atoms with van der Waals surface area (Å²) in [6.07, 6.45) is 0. The summed E-state index contributed by atoms with van der Waals surface area (Å²) in [5.41, 5.74) is 12.7. The van der Waals surface area contributed by atoms with Gasteiger partial charge in [-0.3, -0.25) is 9.59 Å². The summed E-state index contributed by atoms with van der Waals surface area (Å²) in [5.74, 6) is -0.515. The van der Waals surface area contributed by atoms with Crippen molar-refractivity contribution in [2.45, 2.75) is 97.0 Å². The van der Waals surface area contributed by atoms with Gasteiger partial charge in [0.2, 0.25) is 19.7 Å². The zero-order chi connectivity index (χ0) is 75.8. The molecule has 1 fully saturated rings. The molecule has 10 nitrogen and oxygen atoms in total. The number of hydrogen-bond acceptors (Lipinski definition) is 18. The van der Waals surface area contributed by atoms with Crippen LogP contribution >= 0.6 is 79.1 Å². The Kier molecular flexibility index (Phi) is 25.9. The fourth-order valence-corrected chi connectivity index (χ4v) is 33.0. The number of para-hydroxylation sites is 4. The number of carbonyl (C=O) groups is 2. The number of anilines is 6. The second kappa shape index (κ2) is 33.7. The average molecular weight is 1840 g/mol. The van der Waals surface area contributed by atoms with Crippen LogP contribution in [0.25, 0.3) is 29.9 Å². The van der Waals surface area contributed by atoms with Crippen molar-refractivity contribution in [3.63, 3.8) is 0 Å². The number of rotatable bonds is 4. The van der Waals surface area contributed by atoms with Crippen LogP contribution in [0.5, 0.6) is 0 Å². The highest BCUT2D eigenvalue weighted by atomic mass is 79.9. The van der Waals surface area contributed by atoms with Crippen LogP contribution in [-0.4, -0.2) is 46.7 Å². The Morgan fingerprint density at radius 1 is 0.434 bits per heavy atom. The largest absolute Gasteiger partial charge is 0.499 e. The Hall–Kier alpha value is -4.12. The maximum atomic E-state index is 13.6. The number of sulfone groups is 2. The Morgan fingerprint density at radius 2 is 0.802 bits per heavy atom. The fourth-order valence-electron chi connectivity index (χ4n) is 13.5. The van der Waals surface area contributed by atoms with Crippen LogP contribution in [0.1, 0.15) is 109 Å². The lowest BCUT2D eigenvalue weighted by atomic mass is 9.73. The third-order valence-corrected chi connectivity index (χ3v) is 41.0. The second-order valence-electron chi connectivity index (χ2n) is 26.0. The topological polar surface area (TPSA) is 127 Å². The molecule has 2 atom stereocenters. The van der Waals surface area contributed by atoms with Gasteiger partial charge in [-0.1, -0.05) is 147 Å². The number of hydrogen-bond donors (Lipinski definition) is 0. The minimum atomic E-state index is -3.80. The van der Waals surface area contributed by atoms with Gasteiger partial charge in [-0.15, -0.1) is 63.2 Å². The van der Waals surface area contributed by atoms with E-state index in [0.29, 0.717) is 4.47 Å². The minimum absolute atomic E-state index is 0.0690. The van der Waals surface area contributed by atoms with E-state index in [1.54, 1.807) is 130 Å². The Balaban J connectivity index is 0.000000144. The minimum Gasteiger partial charge on any atom is -0.399 e. The van der Waals surface area contributed by atoms with Gasteiger partial charge < -0.3 is 19.1 Å². The van der Waals surface area contributed by atoms with E-state index in [1.165, 1.54) is 102 Å². The van der Waals surface area contributed by atoms with Crippen molar-refractivity contribution in [3.05, 3.63) is 254 Å². The number of nitrogens with zero attached hydrogens (tertiary/aromatic N) is 2. The zero-order valence-electron chi connectivity index (χ0n) is 57.2. The maximum Gasteiger partial charge on any atom is 0.499 e. The molecule has 0 radical (unpaired) electrons. The molecule has 0 spiro atoms. The predicted molar refractivity (Wildman–Crippen MR) is 487 cm³/mol. The van der Waals surface area contributed by atoms with E-state index in [9.17, 15) is 26.4 Å². The van der Waals surface area contributed by atoms with E-state index in [2.05, 4.69) is 264 Å². The van der Waals surface area contributed by atoms with E-state index in [0.717, 1.165) is 42.4 Å². The molecule has 12 aromatic rings. The average Bonchev–Trinajstić information content (AvgIpc) is 1.33. The number of fused-ring (bicyclic) bond motifs is 10. The summed E-state index contributed by atoms with van der Waals surface area (Å²) < 4.78 is 70.5. The lowest BCUT2D eigenvalue weighted by Gasteiger charge is -2.41. The molecule has 0 saturated carbocycles. The lowest BCUT2D eigenvalue weighted by Crippen LogP contribution is -2.41. The van der Waals surface area contributed by atoms with Gasteiger partial charge in [0.25, 0.3) is 0 Å². The summed E-state index contributed by atoms with van der Waals surface area (Å²) in [7, 11) is 8.33. The van der Waals surface area contributed by atoms with Crippen molar-refractivity contribution in [3.8, 4) is 11.1 Å². The highest BCUT2D eigenvalue weighted by molar-refractivity contribution is 9.10. The van der Waals surface area contributed by atoms with Gasteiger partial charge in [0.05, 0.1) is 58.2 Å². The Labute approximate surface area is 689 Å². The molecule has 0 N–H and O–H groups in total. The van der Waals surface area contributed by atoms with Crippen molar-refractivity contribution in [1.29, 1.82) is 0 Å². The molecule has 0 amide bonds. The number of halogens is 1. The first kappa shape index (κ1) is 81.4. The second-order valence-corrected chi connectivity index (χ2v) is 48.7. The lowest BCUT2D eigenvalue weighted by molar-refractivity contribution is 0.00578. The van der Waals surface area contributed by atoms with Gasteiger partial charge in [-0.25, -0.2) is 16.8 Å². The van der Waals surface area contributed by atoms with Crippen molar-refractivity contribution in [1.82, 2.24) is 0 Å². The first-order valence-electron chi connectivity index (χ1n) is 32.0. The maximum absolute atomic E-state index is 13.6. The van der Waals surface area contributed by atoms with E-state index in [1.807, 2.05) is 17.4 Å². The third kappa shape index (κ3) is 15.3. The molecule has 106 heavy (non-hydrogen) atoms. The molecule has 32 heteroatoms. The molecule has 544 valence electrons. The summed E-state index contributed by atoms with van der Waals surface area (Å²) in [6, 6.07) is 61.7. The van der Waals surface area contributed by atoms with Crippen molar-refractivity contribution >= 4 is 290 Å². The molecule has 17 rings (SSSR count). The number of thiophene rings is 4. The first-order valence-corrected chi connectivity index (χ1v) is 55.1. The van der Waals surface area contributed by atoms with Crippen LogP contribution in [-0.2, 0) is 156 Å². The summed E-state index contributed by atoms with van der Waals surface area (Å²) >= 11 is 28.1. The van der Waals surface area contributed by atoms with Gasteiger partial charge in [-0.2, -0.15) is 0 Å². The van der Waals surface area contributed by atoms with Crippen LogP contribution < -0.4 is 15.3 Å². The summed E-state index contributed by atoms with van der Waals surface area (Å²) in [4.78, 5) is 31.0. The van der Waals surface area contributed by atoms with Crippen molar-refractivity contribution < 1.29 is 35.7 Å². The molecular weight excluding hydrogens is 1770 g/mol. The smallest absolute Gasteiger partial charge is 0.399 e. The molecule has 0 bridgehead atoms. The summed E-state index contributed by atoms with van der Waals surface area (Å²) in [6.45, 7) is 17.7. The molecular formula is C74H62BBrN2O8P2S18. The van der Waals surface area contributed by atoms with Gasteiger partial charge >= 0.3 is 7.12 Å². The number of carbonyl (C=O) groups excluding carboxylic acids is 2. The predicted octanol–water partition coefficient (Wildman–Crippen LogP) is 19.9. The molecule has 0 aliphatic carbocycles. The zero-order valence-corrected chi connectivity index (χ0v) is 75.8. The molecule has 4 aromatic heterocycles.